The Morgan fingerprint density at radius 1 is 1.55 bits per heavy atom. The largest absolute Gasteiger partial charge is 0.330 e. The lowest BCUT2D eigenvalue weighted by atomic mass is 9.85. The van der Waals surface area contributed by atoms with Crippen LogP contribution in [0.2, 0.25) is 0 Å². The summed E-state index contributed by atoms with van der Waals surface area (Å²) >= 11 is 0. The Kier molecular flexibility index (Phi) is 3.64. The first kappa shape index (κ1) is 8.79. The lowest BCUT2D eigenvalue weighted by Gasteiger charge is -2.21. The zero-order valence-corrected chi connectivity index (χ0v) is 7.47. The van der Waals surface area contributed by atoms with Crippen molar-refractivity contribution in [2.75, 3.05) is 6.54 Å². The van der Waals surface area contributed by atoms with Crippen LogP contribution in [0.5, 0.6) is 0 Å². The molecule has 0 aromatic carbocycles. The van der Waals surface area contributed by atoms with Gasteiger partial charge in [-0.05, 0) is 38.1 Å². The van der Waals surface area contributed by atoms with Gasteiger partial charge in [0.05, 0.1) is 0 Å². The van der Waals surface area contributed by atoms with E-state index < -0.39 is 0 Å². The van der Waals surface area contributed by atoms with Crippen LogP contribution in [0.1, 0.15) is 39.0 Å². The summed E-state index contributed by atoms with van der Waals surface area (Å²) in [6.07, 6.45) is 8.93. The predicted molar refractivity (Wildman–Crippen MR) is 49.4 cm³/mol. The summed E-state index contributed by atoms with van der Waals surface area (Å²) in [4.78, 5) is 0. The summed E-state index contributed by atoms with van der Waals surface area (Å²) in [6, 6.07) is 0. The van der Waals surface area contributed by atoms with Crippen LogP contribution in [0, 0.1) is 5.92 Å². The third-order valence-electron chi connectivity index (χ3n) is 2.56. The van der Waals surface area contributed by atoms with Crippen LogP contribution >= 0.6 is 0 Å². The quantitative estimate of drug-likeness (QED) is 0.606. The van der Waals surface area contributed by atoms with Crippen LogP contribution in [0.3, 0.4) is 0 Å². The van der Waals surface area contributed by atoms with E-state index in [1.54, 1.807) is 5.57 Å². The Bertz CT molecular complexity index is 138. The maximum absolute atomic E-state index is 5.45. The third-order valence-corrected chi connectivity index (χ3v) is 2.56. The molecule has 1 heteroatoms. The molecule has 0 amide bonds. The van der Waals surface area contributed by atoms with Crippen LogP contribution in [0.25, 0.3) is 0 Å². The Morgan fingerprint density at radius 3 is 3.00 bits per heavy atom. The van der Waals surface area contributed by atoms with Crippen molar-refractivity contribution in [1.29, 1.82) is 0 Å². The summed E-state index contributed by atoms with van der Waals surface area (Å²) in [6.45, 7) is 3.14. The summed E-state index contributed by atoms with van der Waals surface area (Å²) in [5.41, 5.74) is 7.10. The van der Waals surface area contributed by atoms with Gasteiger partial charge in [-0.3, -0.25) is 0 Å². The molecule has 1 fully saturated rings. The second-order valence-electron chi connectivity index (χ2n) is 3.50. The van der Waals surface area contributed by atoms with Gasteiger partial charge in [-0.15, -0.1) is 0 Å². The van der Waals surface area contributed by atoms with E-state index in [9.17, 15) is 0 Å². The first-order valence-corrected chi connectivity index (χ1v) is 4.73. The summed E-state index contributed by atoms with van der Waals surface area (Å²) in [7, 11) is 0. The molecule has 0 aromatic heterocycles. The minimum atomic E-state index is 0.802. The molecule has 0 aromatic rings. The number of hydrogen-bond acceptors (Lipinski definition) is 1. The van der Waals surface area contributed by atoms with Crippen molar-refractivity contribution in [2.24, 2.45) is 11.7 Å². The molecule has 1 nitrogen and oxygen atoms in total. The van der Waals surface area contributed by atoms with Gasteiger partial charge in [-0.2, -0.15) is 0 Å². The van der Waals surface area contributed by atoms with Gasteiger partial charge in [0.15, 0.2) is 0 Å². The fourth-order valence-electron chi connectivity index (χ4n) is 1.78. The second kappa shape index (κ2) is 4.55. The number of hydrogen-bond donors (Lipinski definition) is 1. The highest BCUT2D eigenvalue weighted by Crippen LogP contribution is 2.28. The maximum Gasteiger partial charge on any atom is -0.00425 e. The van der Waals surface area contributed by atoms with Crippen molar-refractivity contribution in [3.63, 3.8) is 0 Å². The van der Waals surface area contributed by atoms with E-state index in [1.165, 1.54) is 25.7 Å². The lowest BCUT2D eigenvalue weighted by Crippen LogP contribution is -2.07. The second-order valence-corrected chi connectivity index (χ2v) is 3.50. The molecular formula is C10H19N. The first-order chi connectivity index (χ1) is 5.34. The fourth-order valence-corrected chi connectivity index (χ4v) is 1.78. The number of rotatable bonds is 2. The van der Waals surface area contributed by atoms with Crippen LogP contribution in [-0.2, 0) is 0 Å². The molecule has 0 aliphatic heterocycles. The van der Waals surface area contributed by atoms with Crippen molar-refractivity contribution in [2.45, 2.75) is 39.0 Å². The van der Waals surface area contributed by atoms with Gasteiger partial charge in [-0.1, -0.05) is 25.0 Å². The van der Waals surface area contributed by atoms with Crippen LogP contribution in [0.4, 0.5) is 0 Å². The Hall–Kier alpha value is -0.300. The molecule has 0 radical (unpaired) electrons. The summed E-state index contributed by atoms with van der Waals surface area (Å²) < 4.78 is 0. The standard InChI is InChI=1S/C10H19N/c1-9-5-2-3-6-10(9)7-4-8-11/h7,9H,2-6,8,11H2,1H3. The predicted octanol–water partition coefficient (Wildman–Crippen LogP) is 2.47. The fraction of sp³-hybridized carbons (Fsp3) is 0.800. The zero-order chi connectivity index (χ0) is 8.10. The van der Waals surface area contributed by atoms with E-state index >= 15 is 0 Å². The van der Waals surface area contributed by atoms with E-state index in [0.29, 0.717) is 0 Å². The van der Waals surface area contributed by atoms with E-state index in [-0.39, 0.29) is 0 Å². The first-order valence-electron chi connectivity index (χ1n) is 4.73. The Labute approximate surface area is 69.7 Å². The van der Waals surface area contributed by atoms with Gasteiger partial charge < -0.3 is 5.73 Å². The van der Waals surface area contributed by atoms with Gasteiger partial charge in [0.25, 0.3) is 0 Å². The van der Waals surface area contributed by atoms with Crippen LogP contribution in [0.15, 0.2) is 11.6 Å². The number of allylic oxidation sites excluding steroid dienone is 1. The molecular weight excluding hydrogens is 134 g/mol. The van der Waals surface area contributed by atoms with E-state index in [0.717, 1.165) is 18.9 Å². The lowest BCUT2D eigenvalue weighted by molar-refractivity contribution is 0.481. The average molecular weight is 153 g/mol. The molecule has 1 aliphatic rings. The summed E-state index contributed by atoms with van der Waals surface area (Å²) in [5, 5.41) is 0. The minimum Gasteiger partial charge on any atom is -0.330 e. The highest BCUT2D eigenvalue weighted by atomic mass is 14.5. The molecule has 1 atom stereocenters. The van der Waals surface area contributed by atoms with Crippen molar-refractivity contribution in [3.8, 4) is 0 Å². The molecule has 1 saturated carbocycles. The van der Waals surface area contributed by atoms with Crippen molar-refractivity contribution < 1.29 is 0 Å². The normalized spacial score (nSPS) is 29.3. The highest BCUT2D eigenvalue weighted by molar-refractivity contribution is 5.07. The molecule has 64 valence electrons. The van der Waals surface area contributed by atoms with Crippen molar-refractivity contribution in [1.82, 2.24) is 0 Å². The molecule has 1 aliphatic carbocycles. The molecule has 0 heterocycles. The zero-order valence-electron chi connectivity index (χ0n) is 7.47. The summed E-state index contributed by atoms with van der Waals surface area (Å²) in [5.74, 6) is 0.829. The van der Waals surface area contributed by atoms with Crippen molar-refractivity contribution in [3.05, 3.63) is 11.6 Å². The molecule has 0 saturated heterocycles. The molecule has 0 bridgehead atoms. The minimum absolute atomic E-state index is 0.802. The molecule has 1 unspecified atom stereocenters. The maximum atomic E-state index is 5.45. The van der Waals surface area contributed by atoms with Gasteiger partial charge in [0.2, 0.25) is 0 Å². The Morgan fingerprint density at radius 2 is 2.36 bits per heavy atom. The van der Waals surface area contributed by atoms with Gasteiger partial charge >= 0.3 is 0 Å². The van der Waals surface area contributed by atoms with Crippen LogP contribution in [-0.4, -0.2) is 6.54 Å². The third kappa shape index (κ3) is 2.66. The average Bonchev–Trinajstić information content (AvgIpc) is 2.03. The molecule has 0 spiro atoms. The molecule has 2 N–H and O–H groups in total. The van der Waals surface area contributed by atoms with Crippen molar-refractivity contribution >= 4 is 0 Å². The van der Waals surface area contributed by atoms with Crippen LogP contribution < -0.4 is 5.73 Å². The molecule has 11 heavy (non-hydrogen) atoms. The highest BCUT2D eigenvalue weighted by Gasteiger charge is 2.12. The smallest absolute Gasteiger partial charge is 0.00425 e. The van der Waals surface area contributed by atoms with E-state index in [2.05, 4.69) is 13.0 Å². The van der Waals surface area contributed by atoms with E-state index in [1.807, 2.05) is 0 Å². The molecule has 1 rings (SSSR count). The monoisotopic (exact) mass is 153 g/mol. The van der Waals surface area contributed by atoms with Gasteiger partial charge in [-0.25, -0.2) is 0 Å². The van der Waals surface area contributed by atoms with Gasteiger partial charge in [0.1, 0.15) is 0 Å². The number of nitrogens with two attached hydrogens (primary N) is 1. The van der Waals surface area contributed by atoms with E-state index in [4.69, 9.17) is 5.73 Å². The topological polar surface area (TPSA) is 26.0 Å². The SMILES string of the molecule is CC1CCCCC1=CCCN. The van der Waals surface area contributed by atoms with Gasteiger partial charge in [0, 0.05) is 0 Å². The Balaban J connectivity index is 2.40.